The van der Waals surface area contributed by atoms with E-state index in [0.717, 1.165) is 10.5 Å². The van der Waals surface area contributed by atoms with Gasteiger partial charge in [0.2, 0.25) is 0 Å². The first-order chi connectivity index (χ1) is 7.31. The molecule has 1 aromatic carbocycles. The Balaban J connectivity index is 2.95. The zero-order valence-electron chi connectivity index (χ0n) is 8.40. The fourth-order valence-electron chi connectivity index (χ4n) is 1.19. The number of allylic oxidation sites excluding steroid dienone is 2. The molecular formula is C12H10N2S. The fraction of sp³-hybridized carbons (Fsp3) is 0.167. The van der Waals surface area contributed by atoms with Gasteiger partial charge in [-0.1, -0.05) is 30.3 Å². The van der Waals surface area contributed by atoms with E-state index < -0.39 is 0 Å². The van der Waals surface area contributed by atoms with Crippen molar-refractivity contribution in [2.75, 3.05) is 6.26 Å². The summed E-state index contributed by atoms with van der Waals surface area (Å²) < 4.78 is 0. The van der Waals surface area contributed by atoms with E-state index in [-0.39, 0.29) is 5.57 Å². The largest absolute Gasteiger partial charge is 0.192 e. The molecule has 0 amide bonds. The molecule has 0 N–H and O–H groups in total. The molecule has 0 aromatic heterocycles. The molecule has 1 aromatic rings. The van der Waals surface area contributed by atoms with Crippen molar-refractivity contribution in [2.24, 2.45) is 0 Å². The van der Waals surface area contributed by atoms with Crippen molar-refractivity contribution >= 4 is 11.8 Å². The highest BCUT2D eigenvalue weighted by Gasteiger charge is 2.05. The Morgan fingerprint density at radius 1 is 1.20 bits per heavy atom. The van der Waals surface area contributed by atoms with E-state index in [0.29, 0.717) is 6.42 Å². The van der Waals surface area contributed by atoms with Gasteiger partial charge in [0.25, 0.3) is 0 Å². The number of nitrogens with zero attached hydrogens (tertiary/aromatic N) is 2. The van der Waals surface area contributed by atoms with Gasteiger partial charge in [-0.25, -0.2) is 0 Å². The van der Waals surface area contributed by atoms with Crippen molar-refractivity contribution in [2.45, 2.75) is 6.42 Å². The van der Waals surface area contributed by atoms with Crippen molar-refractivity contribution < 1.29 is 0 Å². The van der Waals surface area contributed by atoms with Gasteiger partial charge >= 0.3 is 0 Å². The number of benzene rings is 1. The van der Waals surface area contributed by atoms with E-state index >= 15 is 0 Å². The topological polar surface area (TPSA) is 47.6 Å². The molecule has 0 aliphatic carbocycles. The molecule has 0 bridgehead atoms. The Labute approximate surface area is 93.8 Å². The van der Waals surface area contributed by atoms with E-state index in [1.54, 1.807) is 0 Å². The van der Waals surface area contributed by atoms with Crippen LogP contribution in [0.4, 0.5) is 0 Å². The maximum Gasteiger partial charge on any atom is 0.139 e. The minimum atomic E-state index is 0.214. The third-order valence-corrected chi connectivity index (χ3v) is 2.80. The predicted octanol–water partition coefficient (Wildman–Crippen LogP) is 2.89. The van der Waals surface area contributed by atoms with Gasteiger partial charge in [0.15, 0.2) is 0 Å². The quantitative estimate of drug-likeness (QED) is 0.727. The molecule has 2 nitrogen and oxygen atoms in total. The van der Waals surface area contributed by atoms with Gasteiger partial charge in [-0.3, -0.25) is 0 Å². The summed E-state index contributed by atoms with van der Waals surface area (Å²) in [6.07, 6.45) is 2.53. The molecule has 74 valence electrons. The van der Waals surface area contributed by atoms with Gasteiger partial charge in [0, 0.05) is 11.3 Å². The average Bonchev–Trinajstić information content (AvgIpc) is 2.30. The summed E-state index contributed by atoms with van der Waals surface area (Å²) in [7, 11) is 0. The minimum Gasteiger partial charge on any atom is -0.192 e. The Kier molecular flexibility index (Phi) is 4.47. The Morgan fingerprint density at radius 3 is 2.27 bits per heavy atom. The van der Waals surface area contributed by atoms with Gasteiger partial charge < -0.3 is 0 Å². The van der Waals surface area contributed by atoms with E-state index in [9.17, 15) is 0 Å². The summed E-state index contributed by atoms with van der Waals surface area (Å²) >= 11 is 1.46. The fourth-order valence-corrected chi connectivity index (χ4v) is 1.80. The Morgan fingerprint density at radius 2 is 1.80 bits per heavy atom. The number of hydrogen-bond donors (Lipinski definition) is 0. The molecule has 1 rings (SSSR count). The number of hydrogen-bond acceptors (Lipinski definition) is 3. The van der Waals surface area contributed by atoms with Crippen LogP contribution in [0.25, 0.3) is 0 Å². The number of rotatable bonds is 3. The molecule has 0 aliphatic rings. The smallest absolute Gasteiger partial charge is 0.139 e. The molecule has 0 fully saturated rings. The molecule has 0 saturated heterocycles. The number of nitriles is 2. The normalized spacial score (nSPS) is 8.73. The lowest BCUT2D eigenvalue weighted by molar-refractivity contribution is 1.23. The first-order valence-corrected chi connectivity index (χ1v) is 5.65. The van der Waals surface area contributed by atoms with Crippen LogP contribution in [0.3, 0.4) is 0 Å². The second-order valence-electron chi connectivity index (χ2n) is 2.89. The van der Waals surface area contributed by atoms with Crippen LogP contribution in [0.2, 0.25) is 0 Å². The molecule has 0 unspecified atom stereocenters. The summed E-state index contributed by atoms with van der Waals surface area (Å²) in [5.74, 6) is 0. The van der Waals surface area contributed by atoms with Gasteiger partial charge in [0.1, 0.15) is 17.7 Å². The summed E-state index contributed by atoms with van der Waals surface area (Å²) in [4.78, 5) is 0.825. The molecule has 0 spiro atoms. The average molecular weight is 214 g/mol. The highest BCUT2D eigenvalue weighted by Crippen LogP contribution is 2.21. The lowest BCUT2D eigenvalue weighted by atomic mass is 10.1. The van der Waals surface area contributed by atoms with Crippen LogP contribution in [0.5, 0.6) is 0 Å². The van der Waals surface area contributed by atoms with Crippen LogP contribution in [0.15, 0.2) is 40.8 Å². The summed E-state index contributed by atoms with van der Waals surface area (Å²) in [6, 6.07) is 13.7. The summed E-state index contributed by atoms with van der Waals surface area (Å²) in [5.41, 5.74) is 1.33. The molecule has 0 heterocycles. The zero-order valence-corrected chi connectivity index (χ0v) is 9.21. The standard InChI is InChI=1S/C12H10N2S/c1-15-12(11(8-13)9-14)7-10-5-3-2-4-6-10/h2-6H,7H2,1H3. The molecule has 0 aliphatic heterocycles. The van der Waals surface area contributed by atoms with Crippen LogP contribution < -0.4 is 0 Å². The first kappa shape index (κ1) is 11.4. The van der Waals surface area contributed by atoms with E-state index in [1.165, 1.54) is 11.8 Å². The lowest BCUT2D eigenvalue weighted by Crippen LogP contribution is -1.90. The maximum absolute atomic E-state index is 8.76. The maximum atomic E-state index is 8.76. The van der Waals surface area contributed by atoms with Crippen LogP contribution >= 0.6 is 11.8 Å². The molecular weight excluding hydrogens is 204 g/mol. The number of thioether (sulfide) groups is 1. The predicted molar refractivity (Wildman–Crippen MR) is 61.9 cm³/mol. The second-order valence-corrected chi connectivity index (χ2v) is 3.79. The molecule has 0 atom stereocenters. The van der Waals surface area contributed by atoms with Crippen LogP contribution in [-0.4, -0.2) is 6.26 Å². The second kappa shape index (κ2) is 5.90. The SMILES string of the molecule is CSC(Cc1ccccc1)=C(C#N)C#N. The van der Waals surface area contributed by atoms with Crippen molar-refractivity contribution in [1.82, 2.24) is 0 Å². The molecule has 15 heavy (non-hydrogen) atoms. The Hall–Kier alpha value is -1.71. The van der Waals surface area contributed by atoms with Crippen molar-refractivity contribution in [3.63, 3.8) is 0 Å². The van der Waals surface area contributed by atoms with Crippen LogP contribution in [0.1, 0.15) is 5.56 Å². The van der Waals surface area contributed by atoms with Crippen LogP contribution in [0, 0.1) is 22.7 Å². The third kappa shape index (κ3) is 3.16. The highest BCUT2D eigenvalue weighted by atomic mass is 32.2. The van der Waals surface area contributed by atoms with Crippen molar-refractivity contribution in [3.8, 4) is 12.1 Å². The van der Waals surface area contributed by atoms with Crippen molar-refractivity contribution in [3.05, 3.63) is 46.4 Å². The lowest BCUT2D eigenvalue weighted by Gasteiger charge is -2.03. The van der Waals surface area contributed by atoms with Crippen LogP contribution in [-0.2, 0) is 6.42 Å². The van der Waals surface area contributed by atoms with E-state index in [2.05, 4.69) is 0 Å². The highest BCUT2D eigenvalue weighted by molar-refractivity contribution is 8.02. The monoisotopic (exact) mass is 214 g/mol. The summed E-state index contributed by atoms with van der Waals surface area (Å²) in [6.45, 7) is 0. The third-order valence-electron chi connectivity index (χ3n) is 1.96. The molecule has 0 radical (unpaired) electrons. The first-order valence-electron chi connectivity index (χ1n) is 4.43. The van der Waals surface area contributed by atoms with Gasteiger partial charge in [0.05, 0.1) is 0 Å². The zero-order chi connectivity index (χ0) is 11.1. The molecule has 3 heteroatoms. The van der Waals surface area contributed by atoms with E-state index in [4.69, 9.17) is 10.5 Å². The van der Waals surface area contributed by atoms with Gasteiger partial charge in [-0.2, -0.15) is 10.5 Å². The van der Waals surface area contributed by atoms with Crippen molar-refractivity contribution in [1.29, 1.82) is 10.5 Å². The molecule has 0 saturated carbocycles. The van der Waals surface area contributed by atoms with E-state index in [1.807, 2.05) is 48.7 Å². The van der Waals surface area contributed by atoms with Gasteiger partial charge in [-0.05, 0) is 11.8 Å². The minimum absolute atomic E-state index is 0.214. The Bertz CT molecular complexity index is 419. The van der Waals surface area contributed by atoms with Gasteiger partial charge in [-0.15, -0.1) is 11.8 Å². The summed E-state index contributed by atoms with van der Waals surface area (Å²) in [5, 5.41) is 17.5.